The minimum Gasteiger partial charge on any atom is -0.370 e. The molecule has 0 unspecified atom stereocenters. The summed E-state index contributed by atoms with van der Waals surface area (Å²) in [6.45, 7) is 8.51. The Balaban J connectivity index is 1.18. The summed E-state index contributed by atoms with van der Waals surface area (Å²) >= 11 is 0. The van der Waals surface area contributed by atoms with E-state index in [-0.39, 0.29) is 11.4 Å². The second-order valence-electron chi connectivity index (χ2n) is 12.0. The molecule has 5 fully saturated rings. The average Bonchev–Trinajstić information content (AvgIpc) is 2.82. The molecule has 1 amide bonds. The van der Waals surface area contributed by atoms with E-state index >= 15 is 0 Å². The number of nitrogens with zero attached hydrogens (tertiary/aromatic N) is 4. The summed E-state index contributed by atoms with van der Waals surface area (Å²) in [4.78, 5) is 25.3. The van der Waals surface area contributed by atoms with Gasteiger partial charge in [-0.3, -0.25) is 4.79 Å². The lowest BCUT2D eigenvalue weighted by atomic mass is 9.52. The van der Waals surface area contributed by atoms with Gasteiger partial charge in [-0.15, -0.1) is 0 Å². The summed E-state index contributed by atoms with van der Waals surface area (Å²) in [5, 5.41) is 4.63. The van der Waals surface area contributed by atoms with Crippen molar-refractivity contribution in [1.82, 2.24) is 14.8 Å². The van der Waals surface area contributed by atoms with Gasteiger partial charge in [0.1, 0.15) is 5.82 Å². The first-order valence-electron chi connectivity index (χ1n) is 13.8. The topological polar surface area (TPSA) is 51.7 Å². The van der Waals surface area contributed by atoms with Gasteiger partial charge in [0, 0.05) is 50.6 Å². The monoisotopic (exact) mass is 475 g/mol. The maximum absolute atomic E-state index is 13.2. The normalized spacial score (nSPS) is 30.6. The Morgan fingerprint density at radius 3 is 2.37 bits per heavy atom. The number of likely N-dealkylation sites (N-methyl/N-ethyl adjacent to an activating group) is 1. The number of benzene rings is 1. The summed E-state index contributed by atoms with van der Waals surface area (Å²) in [6.07, 6.45) is 8.79. The molecular weight excluding hydrogens is 434 g/mol. The molecule has 0 spiro atoms. The van der Waals surface area contributed by atoms with E-state index in [1.54, 1.807) is 6.92 Å². The molecule has 1 saturated heterocycles. The molecule has 4 saturated carbocycles. The molecule has 1 aromatic carbocycles. The highest BCUT2D eigenvalue weighted by atomic mass is 16.2. The van der Waals surface area contributed by atoms with Crippen LogP contribution in [0.5, 0.6) is 0 Å². The van der Waals surface area contributed by atoms with Gasteiger partial charge in [0.15, 0.2) is 0 Å². The number of fused-ring (bicyclic) bond motifs is 1. The largest absolute Gasteiger partial charge is 0.370 e. The van der Waals surface area contributed by atoms with Gasteiger partial charge in [0.05, 0.1) is 11.2 Å². The predicted molar refractivity (Wildman–Crippen MR) is 143 cm³/mol. The second kappa shape index (κ2) is 9.36. The number of hydrogen-bond acceptors (Lipinski definition) is 5. The van der Waals surface area contributed by atoms with E-state index in [2.05, 4.69) is 57.4 Å². The van der Waals surface area contributed by atoms with Crippen molar-refractivity contribution in [3.63, 3.8) is 0 Å². The van der Waals surface area contributed by atoms with E-state index in [0.29, 0.717) is 0 Å². The van der Waals surface area contributed by atoms with Crippen LogP contribution < -0.4 is 10.2 Å². The highest BCUT2D eigenvalue weighted by Crippen LogP contribution is 2.58. The van der Waals surface area contributed by atoms with Crippen molar-refractivity contribution in [2.24, 2.45) is 17.8 Å². The van der Waals surface area contributed by atoms with Gasteiger partial charge in [0.25, 0.3) is 0 Å². The molecule has 1 N–H and O–H groups in total. The molecule has 1 aromatic heterocycles. The van der Waals surface area contributed by atoms with E-state index in [9.17, 15) is 4.79 Å². The van der Waals surface area contributed by atoms with Gasteiger partial charge in [0.2, 0.25) is 5.91 Å². The molecule has 35 heavy (non-hydrogen) atoms. The Morgan fingerprint density at radius 2 is 1.71 bits per heavy atom. The minimum absolute atomic E-state index is 0.00898. The van der Waals surface area contributed by atoms with Gasteiger partial charge in [-0.2, -0.15) is 0 Å². The summed E-state index contributed by atoms with van der Waals surface area (Å²) in [6, 6.07) is 10.6. The van der Waals surface area contributed by atoms with Crippen LogP contribution in [0.3, 0.4) is 0 Å². The van der Waals surface area contributed by atoms with E-state index in [1.807, 2.05) is 0 Å². The SMILES string of the molecule is CC(=O)N(c1cccc2nc(NCCCN3CCN(C)CC3)ccc12)C12CC3CC(CC(C3)C1)C2. The molecule has 4 aliphatic carbocycles. The van der Waals surface area contributed by atoms with Crippen LogP contribution >= 0.6 is 0 Å². The number of rotatable bonds is 7. The van der Waals surface area contributed by atoms with E-state index in [1.165, 1.54) is 64.7 Å². The van der Waals surface area contributed by atoms with Crippen LogP contribution in [0, 0.1) is 17.8 Å². The molecule has 0 radical (unpaired) electrons. The first-order chi connectivity index (χ1) is 17.0. The van der Waals surface area contributed by atoms with E-state index in [4.69, 9.17) is 4.98 Å². The van der Waals surface area contributed by atoms with E-state index in [0.717, 1.165) is 59.7 Å². The van der Waals surface area contributed by atoms with Crippen LogP contribution in [-0.2, 0) is 4.79 Å². The number of carbonyl (C=O) groups excluding carboxylic acids is 1. The molecule has 2 heterocycles. The number of piperazine rings is 1. The molecule has 1 aliphatic heterocycles. The van der Waals surface area contributed by atoms with Gasteiger partial charge >= 0.3 is 0 Å². The summed E-state index contributed by atoms with van der Waals surface area (Å²) < 4.78 is 0. The molecule has 188 valence electrons. The zero-order chi connectivity index (χ0) is 24.0. The average molecular weight is 476 g/mol. The molecule has 6 nitrogen and oxygen atoms in total. The molecule has 2 aromatic rings. The summed E-state index contributed by atoms with van der Waals surface area (Å²) in [5.41, 5.74) is 2.04. The highest BCUT2D eigenvalue weighted by molar-refractivity contribution is 6.03. The fourth-order valence-electron chi connectivity index (χ4n) is 8.12. The number of hydrogen-bond donors (Lipinski definition) is 1. The van der Waals surface area contributed by atoms with Gasteiger partial charge < -0.3 is 20.0 Å². The zero-order valence-electron chi connectivity index (χ0n) is 21.5. The van der Waals surface area contributed by atoms with Crippen molar-refractivity contribution in [3.8, 4) is 0 Å². The Morgan fingerprint density at radius 1 is 1.03 bits per heavy atom. The molecule has 5 aliphatic rings. The van der Waals surface area contributed by atoms with Crippen LogP contribution in [0.15, 0.2) is 30.3 Å². The first-order valence-corrected chi connectivity index (χ1v) is 13.8. The number of aromatic nitrogens is 1. The minimum atomic E-state index is 0.00898. The fraction of sp³-hybridized carbons (Fsp3) is 0.655. The van der Waals surface area contributed by atoms with Gasteiger partial charge in [-0.25, -0.2) is 4.98 Å². The van der Waals surface area contributed by atoms with Crippen LogP contribution in [0.1, 0.15) is 51.9 Å². The number of nitrogens with one attached hydrogen (secondary N) is 1. The Bertz CT molecular complexity index is 1040. The Labute approximate surface area is 210 Å². The fourth-order valence-corrected chi connectivity index (χ4v) is 8.12. The lowest BCUT2D eigenvalue weighted by Gasteiger charge is -2.60. The lowest BCUT2D eigenvalue weighted by molar-refractivity contribution is -0.120. The van der Waals surface area contributed by atoms with Crippen molar-refractivity contribution < 1.29 is 4.79 Å². The zero-order valence-corrected chi connectivity index (χ0v) is 21.5. The van der Waals surface area contributed by atoms with Crippen LogP contribution in [-0.4, -0.2) is 72.5 Å². The molecule has 0 atom stereocenters. The van der Waals surface area contributed by atoms with E-state index < -0.39 is 0 Å². The first kappa shape index (κ1) is 23.2. The van der Waals surface area contributed by atoms with Crippen LogP contribution in [0.2, 0.25) is 0 Å². The third-order valence-corrected chi connectivity index (χ3v) is 9.30. The third kappa shape index (κ3) is 4.55. The van der Waals surface area contributed by atoms with Crippen LogP contribution in [0.25, 0.3) is 10.9 Å². The summed E-state index contributed by atoms with van der Waals surface area (Å²) in [5.74, 6) is 3.52. The molecule has 7 rings (SSSR count). The van der Waals surface area contributed by atoms with Crippen LogP contribution in [0.4, 0.5) is 11.5 Å². The highest BCUT2D eigenvalue weighted by Gasteiger charge is 2.54. The number of amides is 1. The van der Waals surface area contributed by atoms with Gasteiger partial charge in [-0.05, 0) is 101 Å². The lowest BCUT2D eigenvalue weighted by Crippen LogP contribution is -2.61. The maximum atomic E-state index is 13.2. The smallest absolute Gasteiger partial charge is 0.224 e. The second-order valence-corrected chi connectivity index (χ2v) is 12.0. The quantitative estimate of drug-likeness (QED) is 0.593. The van der Waals surface area contributed by atoms with Crippen molar-refractivity contribution in [2.75, 3.05) is 56.5 Å². The molecule has 4 bridgehead atoms. The number of carbonyl (C=O) groups is 1. The number of anilines is 2. The molecule has 6 heteroatoms. The Kier molecular flexibility index (Phi) is 6.21. The standard InChI is InChI=1S/C29H41N5O/c1-21(35)34(29-18-22-15-23(19-29)17-24(16-22)20-29)27-6-3-5-26-25(27)7-8-28(31-26)30-9-4-10-33-13-11-32(2)12-14-33/h3,5-8,22-24H,4,9-20H2,1-2H3,(H,30,31). The van der Waals surface area contributed by atoms with Crippen molar-refractivity contribution >= 4 is 28.3 Å². The molecular formula is C29H41N5O. The van der Waals surface area contributed by atoms with Crippen molar-refractivity contribution in [2.45, 2.75) is 57.4 Å². The van der Waals surface area contributed by atoms with Gasteiger partial charge in [-0.1, -0.05) is 6.07 Å². The Hall–Kier alpha value is -2.18. The predicted octanol–water partition coefficient (Wildman–Crippen LogP) is 4.61. The third-order valence-electron chi connectivity index (χ3n) is 9.30. The van der Waals surface area contributed by atoms with Crippen molar-refractivity contribution in [1.29, 1.82) is 0 Å². The summed E-state index contributed by atoms with van der Waals surface area (Å²) in [7, 11) is 2.20. The number of pyridine rings is 1. The maximum Gasteiger partial charge on any atom is 0.224 e. The van der Waals surface area contributed by atoms with Crippen molar-refractivity contribution in [3.05, 3.63) is 30.3 Å².